The zero-order valence-corrected chi connectivity index (χ0v) is 17.5. The van der Waals surface area contributed by atoms with Crippen molar-refractivity contribution < 1.29 is 19.1 Å². The maximum Gasteiger partial charge on any atom is 0.338 e. The van der Waals surface area contributed by atoms with Gasteiger partial charge in [-0.15, -0.1) is 11.3 Å². The lowest BCUT2D eigenvalue weighted by Gasteiger charge is -2.33. The summed E-state index contributed by atoms with van der Waals surface area (Å²) in [6.45, 7) is 5.26. The van der Waals surface area contributed by atoms with Crippen molar-refractivity contribution in [2.45, 2.75) is 32.9 Å². The van der Waals surface area contributed by atoms with Crippen molar-refractivity contribution in [1.82, 2.24) is 10.2 Å². The number of carbonyl (C=O) groups excluding carboxylic acids is 3. The fourth-order valence-electron chi connectivity index (χ4n) is 3.02. The molecular weight excluding hydrogens is 390 g/mol. The van der Waals surface area contributed by atoms with E-state index in [1.807, 2.05) is 11.4 Å². The molecule has 2 heterocycles. The smallest absolute Gasteiger partial charge is 0.338 e. The molecule has 0 unspecified atom stereocenters. The molecule has 8 heteroatoms. The highest BCUT2D eigenvalue weighted by molar-refractivity contribution is 7.12. The minimum absolute atomic E-state index is 0.212. The second-order valence-corrected chi connectivity index (χ2v) is 7.90. The Morgan fingerprint density at radius 2 is 2.00 bits per heavy atom. The van der Waals surface area contributed by atoms with Gasteiger partial charge in [0.2, 0.25) is 0 Å². The SMILES string of the molecule is CC1=C(C(=O)OC(C)C)[C@H](c2cccc(NC(=O)c3cccs3)c2)NC(=O)N1C. The van der Waals surface area contributed by atoms with Gasteiger partial charge in [0.15, 0.2) is 0 Å². The van der Waals surface area contributed by atoms with Gasteiger partial charge in [0.1, 0.15) is 0 Å². The average molecular weight is 413 g/mol. The third kappa shape index (κ3) is 4.48. The minimum atomic E-state index is -0.677. The standard InChI is InChI=1S/C21H23N3O4S/c1-12(2)28-20(26)17-13(3)24(4)21(27)23-18(17)14-7-5-8-15(11-14)22-19(25)16-9-6-10-29-16/h5-12,18H,1-4H3,(H,22,25)(H,23,27)/t18-/m0/s1. The molecule has 0 radical (unpaired) electrons. The third-order valence-electron chi connectivity index (χ3n) is 4.54. The Bertz CT molecular complexity index is 966. The molecule has 1 aromatic carbocycles. The number of nitrogens with one attached hydrogen (secondary N) is 2. The van der Waals surface area contributed by atoms with Gasteiger partial charge in [-0.1, -0.05) is 18.2 Å². The number of benzene rings is 1. The summed E-state index contributed by atoms with van der Waals surface area (Å²) >= 11 is 1.35. The molecule has 0 fully saturated rings. The molecule has 2 N–H and O–H groups in total. The molecule has 0 aliphatic carbocycles. The van der Waals surface area contributed by atoms with Gasteiger partial charge < -0.3 is 20.3 Å². The molecule has 0 spiro atoms. The highest BCUT2D eigenvalue weighted by Gasteiger charge is 2.35. The Morgan fingerprint density at radius 3 is 2.66 bits per heavy atom. The van der Waals surface area contributed by atoms with Gasteiger partial charge in [-0.2, -0.15) is 0 Å². The number of carbonyl (C=O) groups is 3. The Kier molecular flexibility index (Phi) is 6.03. The number of allylic oxidation sites excluding steroid dienone is 1. The molecule has 0 saturated heterocycles. The first-order valence-corrected chi connectivity index (χ1v) is 10.1. The van der Waals surface area contributed by atoms with E-state index in [2.05, 4.69) is 10.6 Å². The molecule has 7 nitrogen and oxygen atoms in total. The number of nitrogens with zero attached hydrogens (tertiary/aromatic N) is 1. The Morgan fingerprint density at radius 1 is 1.24 bits per heavy atom. The lowest BCUT2D eigenvalue weighted by atomic mass is 9.94. The summed E-state index contributed by atoms with van der Waals surface area (Å²) in [6, 6.07) is 9.63. The number of ether oxygens (including phenoxy) is 1. The second kappa shape index (κ2) is 8.48. The van der Waals surface area contributed by atoms with Gasteiger partial charge >= 0.3 is 12.0 Å². The number of urea groups is 1. The van der Waals surface area contributed by atoms with Gasteiger partial charge in [-0.25, -0.2) is 9.59 Å². The molecule has 1 atom stereocenters. The zero-order chi connectivity index (χ0) is 21.1. The molecule has 1 aromatic heterocycles. The normalized spacial score (nSPS) is 16.7. The van der Waals surface area contributed by atoms with E-state index in [0.717, 1.165) is 0 Å². The van der Waals surface area contributed by atoms with Gasteiger partial charge in [0, 0.05) is 18.4 Å². The fourth-order valence-corrected chi connectivity index (χ4v) is 3.64. The Hall–Kier alpha value is -3.13. The molecule has 3 amide bonds. The largest absolute Gasteiger partial charge is 0.459 e. The van der Waals surface area contributed by atoms with Crippen LogP contribution < -0.4 is 10.6 Å². The van der Waals surface area contributed by atoms with Crippen molar-refractivity contribution in [2.75, 3.05) is 12.4 Å². The van der Waals surface area contributed by atoms with Crippen molar-refractivity contribution >= 4 is 34.9 Å². The van der Waals surface area contributed by atoms with Crippen molar-refractivity contribution in [3.63, 3.8) is 0 Å². The van der Waals surface area contributed by atoms with Gasteiger partial charge in [-0.05, 0) is 49.9 Å². The third-order valence-corrected chi connectivity index (χ3v) is 5.41. The number of hydrogen-bond acceptors (Lipinski definition) is 5. The van der Waals surface area contributed by atoms with Crippen LogP contribution in [-0.2, 0) is 9.53 Å². The van der Waals surface area contributed by atoms with Crippen molar-refractivity contribution in [3.8, 4) is 0 Å². The predicted octanol–water partition coefficient (Wildman–Crippen LogP) is 3.92. The highest BCUT2D eigenvalue weighted by Crippen LogP contribution is 2.32. The van der Waals surface area contributed by atoms with E-state index < -0.39 is 12.0 Å². The summed E-state index contributed by atoms with van der Waals surface area (Å²) in [5.74, 6) is -0.696. The number of anilines is 1. The van der Waals surface area contributed by atoms with Crippen LogP contribution in [0.2, 0.25) is 0 Å². The maximum absolute atomic E-state index is 12.7. The number of esters is 1. The van der Waals surface area contributed by atoms with Crippen LogP contribution in [-0.4, -0.2) is 36.0 Å². The van der Waals surface area contributed by atoms with E-state index in [4.69, 9.17) is 4.74 Å². The summed E-state index contributed by atoms with van der Waals surface area (Å²) in [4.78, 5) is 39.4. The van der Waals surface area contributed by atoms with Crippen LogP contribution in [0.4, 0.5) is 10.5 Å². The van der Waals surface area contributed by atoms with Crippen molar-refractivity contribution in [1.29, 1.82) is 0 Å². The number of hydrogen-bond donors (Lipinski definition) is 2. The highest BCUT2D eigenvalue weighted by atomic mass is 32.1. The van der Waals surface area contributed by atoms with Crippen LogP contribution in [0.3, 0.4) is 0 Å². The monoisotopic (exact) mass is 413 g/mol. The predicted molar refractivity (Wildman–Crippen MR) is 112 cm³/mol. The molecule has 1 aliphatic rings. The van der Waals surface area contributed by atoms with Crippen LogP contribution in [0.5, 0.6) is 0 Å². The second-order valence-electron chi connectivity index (χ2n) is 6.95. The average Bonchev–Trinajstić information content (AvgIpc) is 3.20. The molecule has 29 heavy (non-hydrogen) atoms. The van der Waals surface area contributed by atoms with E-state index in [-0.39, 0.29) is 18.0 Å². The Labute approximate surface area is 173 Å². The molecular formula is C21H23N3O4S. The minimum Gasteiger partial charge on any atom is -0.459 e. The number of rotatable bonds is 5. The summed E-state index contributed by atoms with van der Waals surface area (Å²) in [7, 11) is 1.60. The summed E-state index contributed by atoms with van der Waals surface area (Å²) in [5.41, 5.74) is 2.13. The lowest BCUT2D eigenvalue weighted by Crippen LogP contribution is -2.46. The summed E-state index contributed by atoms with van der Waals surface area (Å²) in [5, 5.41) is 7.52. The first kappa shape index (κ1) is 20.6. The fraction of sp³-hybridized carbons (Fsp3) is 0.286. The van der Waals surface area contributed by atoms with E-state index in [9.17, 15) is 14.4 Å². The van der Waals surface area contributed by atoms with Crippen LogP contribution in [0, 0.1) is 0 Å². The van der Waals surface area contributed by atoms with Gasteiger partial charge in [0.05, 0.1) is 22.6 Å². The number of amides is 3. The lowest BCUT2D eigenvalue weighted by molar-refractivity contribution is -0.143. The topological polar surface area (TPSA) is 87.7 Å². The molecule has 152 valence electrons. The van der Waals surface area contributed by atoms with E-state index in [1.165, 1.54) is 16.2 Å². The van der Waals surface area contributed by atoms with Crippen LogP contribution >= 0.6 is 11.3 Å². The van der Waals surface area contributed by atoms with Gasteiger partial charge in [-0.3, -0.25) is 4.79 Å². The quantitative estimate of drug-likeness (QED) is 0.727. The van der Waals surface area contributed by atoms with Crippen molar-refractivity contribution in [2.24, 2.45) is 0 Å². The van der Waals surface area contributed by atoms with E-state index in [1.54, 1.807) is 58.2 Å². The van der Waals surface area contributed by atoms with Gasteiger partial charge in [0.25, 0.3) is 5.91 Å². The zero-order valence-electron chi connectivity index (χ0n) is 16.7. The van der Waals surface area contributed by atoms with Crippen LogP contribution in [0.1, 0.15) is 42.0 Å². The first-order valence-electron chi connectivity index (χ1n) is 9.18. The van der Waals surface area contributed by atoms with Crippen LogP contribution in [0.25, 0.3) is 0 Å². The van der Waals surface area contributed by atoms with Crippen molar-refractivity contribution in [3.05, 3.63) is 63.5 Å². The maximum atomic E-state index is 12.7. The van der Waals surface area contributed by atoms with E-state index in [0.29, 0.717) is 27.4 Å². The Balaban J connectivity index is 1.93. The molecule has 1 aliphatic heterocycles. The molecule has 3 rings (SSSR count). The first-order chi connectivity index (χ1) is 13.8. The molecule has 0 saturated carbocycles. The van der Waals surface area contributed by atoms with Crippen LogP contribution in [0.15, 0.2) is 53.0 Å². The molecule has 2 aromatic rings. The summed E-state index contributed by atoms with van der Waals surface area (Å²) in [6.07, 6.45) is -0.289. The van der Waals surface area contributed by atoms with E-state index >= 15 is 0 Å². The molecule has 0 bridgehead atoms. The number of thiophene rings is 1. The summed E-state index contributed by atoms with van der Waals surface area (Å²) < 4.78 is 5.40.